The molecule has 2 aliphatic heterocycles. The summed E-state index contributed by atoms with van der Waals surface area (Å²) >= 11 is 0. The fourth-order valence-corrected chi connectivity index (χ4v) is 3.04. The van der Waals surface area contributed by atoms with E-state index < -0.39 is 0 Å². The lowest BCUT2D eigenvalue weighted by Gasteiger charge is -2.41. The van der Waals surface area contributed by atoms with Gasteiger partial charge in [-0.15, -0.1) is 0 Å². The molecule has 0 aromatic heterocycles. The molecule has 1 atom stereocenters. The summed E-state index contributed by atoms with van der Waals surface area (Å²) in [6, 6.07) is 4.31. The van der Waals surface area contributed by atoms with Crippen LogP contribution in [0, 0.1) is 6.92 Å². The maximum atomic E-state index is 12.2. The molecule has 1 aromatic carbocycles. The molecule has 0 bridgehead atoms. The SMILES string of the molecule is COc1ccc(C)c2c1N1C(=O)CNCC1CC2. The van der Waals surface area contributed by atoms with Crippen LogP contribution < -0.4 is 15.0 Å². The highest BCUT2D eigenvalue weighted by atomic mass is 16.5. The van der Waals surface area contributed by atoms with Gasteiger partial charge in [-0.1, -0.05) is 6.07 Å². The number of fused-ring (bicyclic) bond motifs is 3. The number of methoxy groups -OCH3 is 1. The van der Waals surface area contributed by atoms with Crippen molar-refractivity contribution in [3.05, 3.63) is 23.3 Å². The number of piperazine rings is 1. The summed E-state index contributed by atoms with van der Waals surface area (Å²) in [7, 11) is 1.67. The molecule has 1 fully saturated rings. The quantitative estimate of drug-likeness (QED) is 0.811. The van der Waals surface area contributed by atoms with Crippen LogP contribution in [0.15, 0.2) is 12.1 Å². The van der Waals surface area contributed by atoms with E-state index in [1.807, 2.05) is 11.0 Å². The van der Waals surface area contributed by atoms with Gasteiger partial charge in [0.15, 0.2) is 0 Å². The van der Waals surface area contributed by atoms with Crippen LogP contribution in [-0.4, -0.2) is 32.1 Å². The highest BCUT2D eigenvalue weighted by Gasteiger charge is 2.36. The number of amides is 1. The van der Waals surface area contributed by atoms with Crippen LogP contribution in [0.5, 0.6) is 5.75 Å². The minimum Gasteiger partial charge on any atom is -0.495 e. The van der Waals surface area contributed by atoms with Gasteiger partial charge in [0.25, 0.3) is 0 Å². The number of carbonyl (C=O) groups is 1. The largest absolute Gasteiger partial charge is 0.495 e. The molecular weight excluding hydrogens is 228 g/mol. The van der Waals surface area contributed by atoms with Crippen molar-refractivity contribution < 1.29 is 9.53 Å². The highest BCUT2D eigenvalue weighted by molar-refractivity contribution is 5.99. The lowest BCUT2D eigenvalue weighted by atomic mass is 9.91. The molecule has 0 spiro atoms. The monoisotopic (exact) mass is 246 g/mol. The first-order valence-corrected chi connectivity index (χ1v) is 6.41. The van der Waals surface area contributed by atoms with Crippen molar-refractivity contribution in [2.24, 2.45) is 0 Å². The first-order chi connectivity index (χ1) is 8.72. The van der Waals surface area contributed by atoms with Crippen LogP contribution in [0.25, 0.3) is 0 Å². The zero-order chi connectivity index (χ0) is 12.7. The van der Waals surface area contributed by atoms with E-state index in [2.05, 4.69) is 18.3 Å². The van der Waals surface area contributed by atoms with E-state index in [1.54, 1.807) is 7.11 Å². The molecule has 3 rings (SSSR count). The Labute approximate surface area is 107 Å². The Kier molecular flexibility index (Phi) is 2.74. The summed E-state index contributed by atoms with van der Waals surface area (Å²) in [6.45, 7) is 3.40. The van der Waals surface area contributed by atoms with Gasteiger partial charge in [0.1, 0.15) is 5.75 Å². The fraction of sp³-hybridized carbons (Fsp3) is 0.500. The van der Waals surface area contributed by atoms with E-state index in [-0.39, 0.29) is 11.9 Å². The third-order valence-corrected chi connectivity index (χ3v) is 3.96. The van der Waals surface area contributed by atoms with Crippen LogP contribution in [0.3, 0.4) is 0 Å². The van der Waals surface area contributed by atoms with Crippen molar-refractivity contribution in [3.8, 4) is 5.75 Å². The average molecular weight is 246 g/mol. The molecule has 1 unspecified atom stereocenters. The van der Waals surface area contributed by atoms with Gasteiger partial charge in [0, 0.05) is 12.6 Å². The van der Waals surface area contributed by atoms with Gasteiger partial charge in [-0.3, -0.25) is 4.79 Å². The number of rotatable bonds is 1. The second-order valence-corrected chi connectivity index (χ2v) is 5.00. The maximum Gasteiger partial charge on any atom is 0.241 e. The topological polar surface area (TPSA) is 41.6 Å². The lowest BCUT2D eigenvalue weighted by molar-refractivity contribution is -0.119. The summed E-state index contributed by atoms with van der Waals surface area (Å²) in [4.78, 5) is 14.1. The molecule has 1 amide bonds. The smallest absolute Gasteiger partial charge is 0.241 e. The highest BCUT2D eigenvalue weighted by Crippen LogP contribution is 2.40. The van der Waals surface area contributed by atoms with Crippen LogP contribution in [0.1, 0.15) is 17.5 Å². The molecule has 1 aromatic rings. The Morgan fingerprint density at radius 2 is 2.28 bits per heavy atom. The number of aryl methyl sites for hydroxylation is 1. The molecule has 2 heterocycles. The summed E-state index contributed by atoms with van der Waals surface area (Å²) in [5.74, 6) is 0.964. The van der Waals surface area contributed by atoms with E-state index in [0.29, 0.717) is 6.54 Å². The zero-order valence-electron chi connectivity index (χ0n) is 10.8. The normalized spacial score (nSPS) is 22.4. The molecule has 96 valence electrons. The van der Waals surface area contributed by atoms with Crippen molar-refractivity contribution >= 4 is 11.6 Å². The van der Waals surface area contributed by atoms with Crippen molar-refractivity contribution in [2.75, 3.05) is 25.1 Å². The van der Waals surface area contributed by atoms with Crippen LogP contribution in [0.2, 0.25) is 0 Å². The van der Waals surface area contributed by atoms with Gasteiger partial charge in [-0.05, 0) is 37.0 Å². The second kappa shape index (κ2) is 4.28. The van der Waals surface area contributed by atoms with Crippen molar-refractivity contribution in [2.45, 2.75) is 25.8 Å². The fourth-order valence-electron chi connectivity index (χ4n) is 3.04. The maximum absolute atomic E-state index is 12.2. The number of hydrogen-bond donors (Lipinski definition) is 1. The van der Waals surface area contributed by atoms with Crippen LogP contribution in [0.4, 0.5) is 5.69 Å². The number of ether oxygens (including phenoxy) is 1. The molecule has 4 nitrogen and oxygen atoms in total. The van der Waals surface area contributed by atoms with Gasteiger partial charge in [-0.2, -0.15) is 0 Å². The molecule has 1 N–H and O–H groups in total. The molecule has 0 radical (unpaired) electrons. The van der Waals surface area contributed by atoms with Crippen molar-refractivity contribution in [1.82, 2.24) is 5.32 Å². The summed E-state index contributed by atoms with van der Waals surface area (Å²) < 4.78 is 5.45. The minimum atomic E-state index is 0.149. The Bertz CT molecular complexity index is 499. The summed E-state index contributed by atoms with van der Waals surface area (Å²) in [5.41, 5.74) is 3.51. The zero-order valence-corrected chi connectivity index (χ0v) is 10.8. The van der Waals surface area contributed by atoms with E-state index >= 15 is 0 Å². The standard InChI is InChI=1S/C14H18N2O2/c1-9-3-6-12(18-2)14-11(9)5-4-10-7-15-8-13(17)16(10)14/h3,6,10,15H,4-5,7-8H2,1-2H3. The van der Waals surface area contributed by atoms with E-state index in [4.69, 9.17) is 4.74 Å². The first-order valence-electron chi connectivity index (χ1n) is 6.41. The summed E-state index contributed by atoms with van der Waals surface area (Å²) in [5, 5.41) is 3.18. The van der Waals surface area contributed by atoms with Crippen LogP contribution in [-0.2, 0) is 11.2 Å². The Balaban J connectivity index is 2.16. The molecular formula is C14H18N2O2. The number of benzene rings is 1. The van der Waals surface area contributed by atoms with Gasteiger partial charge in [0.05, 0.1) is 19.3 Å². The number of hydrogen-bond acceptors (Lipinski definition) is 3. The van der Waals surface area contributed by atoms with Gasteiger partial charge < -0.3 is 15.0 Å². The minimum absolute atomic E-state index is 0.149. The average Bonchev–Trinajstić information content (AvgIpc) is 2.39. The number of nitrogens with zero attached hydrogens (tertiary/aromatic N) is 1. The molecule has 18 heavy (non-hydrogen) atoms. The predicted molar refractivity (Wildman–Crippen MR) is 70.2 cm³/mol. The van der Waals surface area contributed by atoms with Gasteiger partial charge in [0.2, 0.25) is 5.91 Å². The van der Waals surface area contributed by atoms with E-state index in [1.165, 1.54) is 11.1 Å². The molecule has 1 saturated heterocycles. The number of carbonyl (C=O) groups excluding carboxylic acids is 1. The molecule has 0 saturated carbocycles. The third-order valence-electron chi connectivity index (χ3n) is 3.96. The Hall–Kier alpha value is -1.55. The van der Waals surface area contributed by atoms with Gasteiger partial charge in [-0.25, -0.2) is 0 Å². The third kappa shape index (κ3) is 1.60. The molecule has 4 heteroatoms. The lowest BCUT2D eigenvalue weighted by Crippen LogP contribution is -2.57. The summed E-state index contributed by atoms with van der Waals surface area (Å²) in [6.07, 6.45) is 2.05. The predicted octanol–water partition coefficient (Wildman–Crippen LogP) is 1.25. The van der Waals surface area contributed by atoms with Crippen LogP contribution >= 0.6 is 0 Å². The molecule has 2 aliphatic rings. The van der Waals surface area contributed by atoms with Crippen molar-refractivity contribution in [3.63, 3.8) is 0 Å². The van der Waals surface area contributed by atoms with E-state index in [0.717, 1.165) is 30.8 Å². The second-order valence-electron chi connectivity index (χ2n) is 5.00. The molecule has 0 aliphatic carbocycles. The Morgan fingerprint density at radius 1 is 1.44 bits per heavy atom. The Morgan fingerprint density at radius 3 is 3.06 bits per heavy atom. The number of nitrogens with one attached hydrogen (secondary N) is 1. The van der Waals surface area contributed by atoms with Crippen molar-refractivity contribution in [1.29, 1.82) is 0 Å². The number of anilines is 1. The van der Waals surface area contributed by atoms with Gasteiger partial charge >= 0.3 is 0 Å². The first kappa shape index (κ1) is 11.5. The van der Waals surface area contributed by atoms with E-state index in [9.17, 15) is 4.79 Å².